The van der Waals surface area contributed by atoms with Gasteiger partial charge in [0, 0.05) is 27.2 Å². The summed E-state index contributed by atoms with van der Waals surface area (Å²) in [4.78, 5) is 25.7. The fourth-order valence-electron chi connectivity index (χ4n) is 2.05. The van der Waals surface area contributed by atoms with E-state index in [4.69, 9.17) is 9.47 Å². The van der Waals surface area contributed by atoms with Gasteiger partial charge in [0.25, 0.3) is 0 Å². The highest BCUT2D eigenvalue weighted by atomic mass is 16.5. The Labute approximate surface area is 127 Å². The van der Waals surface area contributed by atoms with Gasteiger partial charge in [0.1, 0.15) is 0 Å². The van der Waals surface area contributed by atoms with Crippen molar-refractivity contribution in [1.29, 1.82) is 0 Å². The normalized spacial score (nSPS) is 15.6. The molecule has 0 spiro atoms. The molecular formula is C15H29NO5. The van der Waals surface area contributed by atoms with E-state index in [1.54, 1.807) is 26.0 Å². The third-order valence-electron chi connectivity index (χ3n) is 4.08. The fourth-order valence-corrected chi connectivity index (χ4v) is 2.05. The van der Waals surface area contributed by atoms with Crippen molar-refractivity contribution in [3.63, 3.8) is 0 Å². The van der Waals surface area contributed by atoms with Crippen molar-refractivity contribution in [3.8, 4) is 0 Å². The van der Waals surface area contributed by atoms with Gasteiger partial charge >= 0.3 is 5.97 Å². The van der Waals surface area contributed by atoms with Crippen molar-refractivity contribution in [2.75, 3.05) is 34.0 Å². The Bertz CT molecular complexity index is 345. The van der Waals surface area contributed by atoms with Crippen LogP contribution in [-0.2, 0) is 19.1 Å². The van der Waals surface area contributed by atoms with E-state index in [-0.39, 0.29) is 24.3 Å². The second-order valence-corrected chi connectivity index (χ2v) is 5.94. The van der Waals surface area contributed by atoms with Crippen LogP contribution in [0, 0.1) is 11.3 Å². The maximum absolute atomic E-state index is 12.5. The number of ether oxygens (including phenoxy) is 2. The molecule has 0 heterocycles. The first-order valence-corrected chi connectivity index (χ1v) is 7.21. The molecule has 0 aliphatic rings. The van der Waals surface area contributed by atoms with Crippen LogP contribution in [-0.4, -0.2) is 61.9 Å². The van der Waals surface area contributed by atoms with E-state index in [0.717, 1.165) is 0 Å². The number of carbonyl (C=O) groups is 2. The number of aliphatic carboxylic acids is 1. The topological polar surface area (TPSA) is 76.1 Å². The molecule has 1 N–H and O–H groups in total. The molecule has 0 aromatic carbocycles. The van der Waals surface area contributed by atoms with E-state index in [0.29, 0.717) is 19.8 Å². The van der Waals surface area contributed by atoms with Gasteiger partial charge in [-0.25, -0.2) is 0 Å². The minimum Gasteiger partial charge on any atom is -0.481 e. The molecule has 124 valence electrons. The summed E-state index contributed by atoms with van der Waals surface area (Å²) in [5, 5.41) is 9.43. The molecule has 0 rings (SSSR count). The van der Waals surface area contributed by atoms with Crippen molar-refractivity contribution in [2.24, 2.45) is 11.3 Å². The maximum Gasteiger partial charge on any atom is 0.310 e. The van der Waals surface area contributed by atoms with Gasteiger partial charge in [0.15, 0.2) is 0 Å². The third-order valence-corrected chi connectivity index (χ3v) is 4.08. The zero-order chi connectivity index (χ0) is 16.6. The van der Waals surface area contributed by atoms with Crippen LogP contribution in [0.1, 0.15) is 34.1 Å². The second kappa shape index (κ2) is 9.00. The quantitative estimate of drug-likeness (QED) is 0.664. The van der Waals surface area contributed by atoms with Gasteiger partial charge in [-0.3, -0.25) is 9.59 Å². The van der Waals surface area contributed by atoms with Gasteiger partial charge in [0.2, 0.25) is 5.91 Å². The van der Waals surface area contributed by atoms with Gasteiger partial charge in [-0.1, -0.05) is 13.8 Å². The minimum absolute atomic E-state index is 0.0300. The lowest BCUT2D eigenvalue weighted by atomic mass is 9.76. The highest BCUT2D eigenvalue weighted by molar-refractivity contribution is 5.85. The molecule has 0 aromatic heterocycles. The molecule has 0 aliphatic heterocycles. The van der Waals surface area contributed by atoms with Crippen LogP contribution in [0.5, 0.6) is 0 Å². The number of nitrogens with zero attached hydrogens (tertiary/aromatic N) is 1. The summed E-state index contributed by atoms with van der Waals surface area (Å²) >= 11 is 0. The molecule has 21 heavy (non-hydrogen) atoms. The van der Waals surface area contributed by atoms with Crippen LogP contribution in [0.2, 0.25) is 0 Å². The average molecular weight is 303 g/mol. The molecule has 0 aromatic rings. The fraction of sp³-hybridized carbons (Fsp3) is 0.867. The summed E-state index contributed by atoms with van der Waals surface area (Å²) < 4.78 is 10.1. The number of hydrogen-bond donors (Lipinski definition) is 1. The van der Waals surface area contributed by atoms with Gasteiger partial charge in [-0.2, -0.15) is 0 Å². The van der Waals surface area contributed by atoms with Crippen LogP contribution in [0.4, 0.5) is 0 Å². The van der Waals surface area contributed by atoms with E-state index in [1.807, 2.05) is 20.8 Å². The van der Waals surface area contributed by atoms with Gasteiger partial charge < -0.3 is 19.5 Å². The molecule has 0 saturated heterocycles. The lowest BCUT2D eigenvalue weighted by Crippen LogP contribution is -2.46. The molecule has 2 atom stereocenters. The van der Waals surface area contributed by atoms with Crippen LogP contribution < -0.4 is 0 Å². The predicted molar refractivity (Wildman–Crippen MR) is 80.1 cm³/mol. The summed E-state index contributed by atoms with van der Waals surface area (Å²) in [5.41, 5.74) is -1.07. The first-order valence-electron chi connectivity index (χ1n) is 7.21. The summed E-state index contributed by atoms with van der Waals surface area (Å²) in [5.74, 6) is -1.27. The van der Waals surface area contributed by atoms with E-state index in [1.165, 1.54) is 0 Å². The second-order valence-electron chi connectivity index (χ2n) is 5.94. The monoisotopic (exact) mass is 303 g/mol. The van der Waals surface area contributed by atoms with Crippen LogP contribution in [0.3, 0.4) is 0 Å². The summed E-state index contributed by atoms with van der Waals surface area (Å²) in [6.45, 7) is 8.37. The first-order chi connectivity index (χ1) is 9.70. The average Bonchev–Trinajstić information content (AvgIpc) is 2.38. The molecule has 0 saturated carbocycles. The maximum atomic E-state index is 12.5. The summed E-state index contributed by atoms with van der Waals surface area (Å²) in [7, 11) is 3.14. The Morgan fingerprint density at radius 3 is 2.14 bits per heavy atom. The molecular weight excluding hydrogens is 274 g/mol. The number of carboxylic acid groups (broad SMARTS) is 1. The van der Waals surface area contributed by atoms with Gasteiger partial charge in [0.05, 0.1) is 24.7 Å². The van der Waals surface area contributed by atoms with Gasteiger partial charge in [-0.05, 0) is 19.8 Å². The molecule has 6 heteroatoms. The number of rotatable bonds is 10. The van der Waals surface area contributed by atoms with Crippen LogP contribution >= 0.6 is 0 Å². The molecule has 0 radical (unpaired) electrons. The summed E-state index contributed by atoms with van der Waals surface area (Å²) in [6.07, 6.45) is -0.0300. The minimum atomic E-state index is -1.07. The Morgan fingerprint density at radius 2 is 1.76 bits per heavy atom. The number of carbonyl (C=O) groups excluding carboxylic acids is 1. The van der Waals surface area contributed by atoms with Crippen molar-refractivity contribution in [3.05, 3.63) is 0 Å². The Morgan fingerprint density at radius 1 is 1.19 bits per heavy atom. The standard InChI is InChI=1S/C15H29NO5/c1-11(2)15(4,14(18)19)9-13(17)16(7-8-20-5)12(3)10-21-6/h11-12H,7-10H2,1-6H3,(H,18,19). The highest BCUT2D eigenvalue weighted by Crippen LogP contribution is 2.32. The lowest BCUT2D eigenvalue weighted by Gasteiger charge is -2.34. The number of amides is 1. The molecule has 2 unspecified atom stereocenters. The Hall–Kier alpha value is -1.14. The van der Waals surface area contributed by atoms with Crippen molar-refractivity contribution < 1.29 is 24.2 Å². The van der Waals surface area contributed by atoms with Crippen molar-refractivity contribution in [1.82, 2.24) is 4.90 Å². The first kappa shape index (κ1) is 19.9. The summed E-state index contributed by atoms with van der Waals surface area (Å²) in [6, 6.07) is -0.122. The zero-order valence-corrected chi connectivity index (χ0v) is 14.0. The smallest absolute Gasteiger partial charge is 0.310 e. The van der Waals surface area contributed by atoms with Crippen molar-refractivity contribution >= 4 is 11.9 Å². The van der Waals surface area contributed by atoms with E-state index in [9.17, 15) is 14.7 Å². The predicted octanol–water partition coefficient (Wildman–Crippen LogP) is 1.63. The lowest BCUT2D eigenvalue weighted by molar-refractivity contribution is -0.156. The molecule has 6 nitrogen and oxygen atoms in total. The third kappa shape index (κ3) is 5.63. The number of methoxy groups -OCH3 is 2. The Balaban J connectivity index is 5.06. The largest absolute Gasteiger partial charge is 0.481 e. The molecule has 1 amide bonds. The zero-order valence-electron chi connectivity index (χ0n) is 14.0. The van der Waals surface area contributed by atoms with Crippen LogP contribution in [0.25, 0.3) is 0 Å². The highest BCUT2D eigenvalue weighted by Gasteiger charge is 2.40. The molecule has 0 bridgehead atoms. The van der Waals surface area contributed by atoms with Gasteiger partial charge in [-0.15, -0.1) is 0 Å². The SMILES string of the molecule is COCCN(C(=O)CC(C)(C(=O)O)C(C)C)C(C)COC. The number of hydrogen-bond acceptors (Lipinski definition) is 4. The van der Waals surface area contributed by atoms with E-state index >= 15 is 0 Å². The number of carboxylic acids is 1. The van der Waals surface area contributed by atoms with Crippen LogP contribution in [0.15, 0.2) is 0 Å². The van der Waals surface area contributed by atoms with Crippen molar-refractivity contribution in [2.45, 2.75) is 40.2 Å². The van der Waals surface area contributed by atoms with E-state index < -0.39 is 11.4 Å². The Kier molecular flexibility index (Phi) is 8.51. The van der Waals surface area contributed by atoms with E-state index in [2.05, 4.69) is 0 Å². The molecule has 0 aliphatic carbocycles. The molecule has 0 fully saturated rings.